The van der Waals surface area contributed by atoms with Gasteiger partial charge in [0.2, 0.25) is 10.6 Å². The fourth-order valence-electron chi connectivity index (χ4n) is 7.13. The van der Waals surface area contributed by atoms with Crippen molar-refractivity contribution < 1.29 is 26.3 Å². The lowest BCUT2D eigenvalue weighted by atomic mass is 10.1. The molecule has 8 rings (SSSR count). The Hall–Kier alpha value is -6.02. The maximum absolute atomic E-state index is 14.7. The fraction of sp³-hybridized carbons (Fsp3) is 0.297. The molecule has 0 spiro atoms. The first-order valence-electron chi connectivity index (χ1n) is 18.2. The lowest BCUT2D eigenvalue weighted by Crippen LogP contribution is -2.47. The van der Waals surface area contributed by atoms with Gasteiger partial charge in [-0.25, -0.2) is 23.2 Å². The molecule has 2 aliphatic heterocycles. The predicted octanol–water partition coefficient (Wildman–Crippen LogP) is 7.33. The van der Waals surface area contributed by atoms with Gasteiger partial charge in [0.1, 0.15) is 17.2 Å². The smallest absolute Gasteiger partial charge is 0.352 e. The second-order valence-electron chi connectivity index (χ2n) is 13.8. The molecule has 14 nitrogen and oxygen atoms in total. The van der Waals surface area contributed by atoms with Crippen LogP contribution in [0.1, 0.15) is 66.8 Å². The summed E-state index contributed by atoms with van der Waals surface area (Å²) in [5.74, 6) is -3.43. The molecule has 6 aromatic rings. The Bertz CT molecular complexity index is 2720. The number of hydrogen-bond donors (Lipinski definition) is 2. The summed E-state index contributed by atoms with van der Waals surface area (Å²) in [4.78, 5) is 37.4. The van der Waals surface area contributed by atoms with E-state index in [1.165, 1.54) is 48.0 Å². The van der Waals surface area contributed by atoms with Crippen LogP contribution in [0, 0.1) is 17.5 Å². The summed E-state index contributed by atoms with van der Waals surface area (Å²) in [7, 11) is 0. The lowest BCUT2D eigenvalue weighted by Gasteiger charge is -2.37. The number of nitrogens with zero attached hydrogens (tertiary/aromatic N) is 10. The molecule has 0 amide bonds. The van der Waals surface area contributed by atoms with Gasteiger partial charge in [-0.1, -0.05) is 32.0 Å². The topological polar surface area (TPSA) is 136 Å². The zero-order valence-electron chi connectivity index (χ0n) is 31.0. The highest BCUT2D eigenvalue weighted by atomic mass is 35.5. The maximum atomic E-state index is 14.7. The Labute approximate surface area is 340 Å². The Kier molecular flexibility index (Phi) is 10.3. The zero-order chi connectivity index (χ0) is 41.9. The second-order valence-corrected chi connectivity index (χ2v) is 14.5. The van der Waals surface area contributed by atoms with Gasteiger partial charge >= 0.3 is 6.18 Å². The van der Waals surface area contributed by atoms with Crippen LogP contribution in [0.25, 0.3) is 0 Å². The second kappa shape index (κ2) is 15.3. The molecule has 2 unspecified atom stereocenters. The van der Waals surface area contributed by atoms with Gasteiger partial charge < -0.3 is 10.6 Å². The van der Waals surface area contributed by atoms with Crippen molar-refractivity contribution in [3.63, 3.8) is 0 Å². The Morgan fingerprint density at radius 2 is 1.25 bits per heavy atom. The third-order valence-electron chi connectivity index (χ3n) is 9.80. The molecular weight excluding hydrogens is 829 g/mol. The summed E-state index contributed by atoms with van der Waals surface area (Å²) < 4.78 is 88.4. The molecule has 59 heavy (non-hydrogen) atoms. The first kappa shape index (κ1) is 39.8. The standard InChI is InChI=1S/C37H32Cl2F6N12O2/c1-3-10-54-33(58)27-31(50-35(54)38)56(29(48-27)21-13-46-52(17-21)15-19-8-9-23(25(41)12-19)37(43,44)45)57-30(49-28-32(57)51-36(39)55(11-4-2)34(28)59)22-14-47-53(18-22)16-20-6-5-7-24(40)26(20)42/h5-9,12-14,17-18,29-30,48-49H,3-4,10-11,15-16H2,1-2H3. The van der Waals surface area contributed by atoms with E-state index in [9.17, 15) is 35.9 Å². The molecular formula is C37H32Cl2F6N12O2. The molecule has 2 aliphatic rings. The van der Waals surface area contributed by atoms with Crippen LogP contribution in [0.5, 0.6) is 0 Å². The lowest BCUT2D eigenvalue weighted by molar-refractivity contribution is -0.140. The van der Waals surface area contributed by atoms with Crippen molar-refractivity contribution in [2.24, 2.45) is 0 Å². The van der Waals surface area contributed by atoms with Crippen molar-refractivity contribution in [1.29, 1.82) is 0 Å². The summed E-state index contributed by atoms with van der Waals surface area (Å²) in [5, 5.41) is 18.0. The summed E-state index contributed by atoms with van der Waals surface area (Å²) in [6, 6.07) is 6.38. The highest BCUT2D eigenvalue weighted by Crippen LogP contribution is 2.48. The average Bonchev–Trinajstić information content (AvgIpc) is 3.99. The van der Waals surface area contributed by atoms with E-state index in [0.717, 1.165) is 18.2 Å². The minimum Gasteiger partial charge on any atom is -0.352 e. The van der Waals surface area contributed by atoms with Gasteiger partial charge in [0.15, 0.2) is 35.6 Å². The number of nitrogens with one attached hydrogen (secondary N) is 2. The number of hydrazine groups is 1. The molecule has 308 valence electrons. The van der Waals surface area contributed by atoms with E-state index < -0.39 is 52.6 Å². The molecule has 22 heteroatoms. The molecule has 0 fully saturated rings. The largest absolute Gasteiger partial charge is 0.419 e. The van der Waals surface area contributed by atoms with Crippen LogP contribution in [0.3, 0.4) is 0 Å². The number of alkyl halides is 3. The molecule has 0 bridgehead atoms. The molecule has 0 aliphatic carbocycles. The number of aromatic nitrogens is 8. The van der Waals surface area contributed by atoms with E-state index in [2.05, 4.69) is 30.8 Å². The van der Waals surface area contributed by atoms with Gasteiger partial charge in [-0.05, 0) is 59.8 Å². The summed E-state index contributed by atoms with van der Waals surface area (Å²) in [6.07, 6.45) is 0.168. The number of fused-ring (bicyclic) bond motifs is 2. The van der Waals surface area contributed by atoms with Crippen LogP contribution in [-0.4, -0.2) is 38.7 Å². The van der Waals surface area contributed by atoms with Crippen molar-refractivity contribution in [2.45, 2.75) is 71.4 Å². The number of benzene rings is 2. The highest BCUT2D eigenvalue weighted by Gasteiger charge is 2.47. The number of halogens is 8. The van der Waals surface area contributed by atoms with Crippen LogP contribution < -0.4 is 31.8 Å². The van der Waals surface area contributed by atoms with Crippen molar-refractivity contribution in [1.82, 2.24) is 38.7 Å². The van der Waals surface area contributed by atoms with Crippen LogP contribution in [0.4, 0.5) is 49.4 Å². The fourth-order valence-corrected chi connectivity index (χ4v) is 7.61. The van der Waals surface area contributed by atoms with Gasteiger partial charge in [-0.15, -0.1) is 0 Å². The van der Waals surface area contributed by atoms with Gasteiger partial charge in [-0.3, -0.25) is 28.1 Å². The van der Waals surface area contributed by atoms with Gasteiger partial charge in [0.25, 0.3) is 11.1 Å². The Morgan fingerprint density at radius 1 is 0.729 bits per heavy atom. The van der Waals surface area contributed by atoms with Crippen LogP contribution in [-0.2, 0) is 32.4 Å². The molecule has 0 saturated heterocycles. The molecule has 0 saturated carbocycles. The molecule has 6 heterocycles. The van der Waals surface area contributed by atoms with Gasteiger partial charge in [-0.2, -0.15) is 33.3 Å². The Morgan fingerprint density at radius 3 is 1.75 bits per heavy atom. The maximum Gasteiger partial charge on any atom is 0.419 e. The summed E-state index contributed by atoms with van der Waals surface area (Å²) >= 11 is 13.3. The minimum absolute atomic E-state index is 0.0273. The summed E-state index contributed by atoms with van der Waals surface area (Å²) in [5.41, 5.74) is -1.33. The van der Waals surface area contributed by atoms with Crippen molar-refractivity contribution in [3.8, 4) is 0 Å². The van der Waals surface area contributed by atoms with Crippen LogP contribution in [0.15, 0.2) is 70.8 Å². The van der Waals surface area contributed by atoms with Crippen LogP contribution >= 0.6 is 23.2 Å². The monoisotopic (exact) mass is 860 g/mol. The summed E-state index contributed by atoms with van der Waals surface area (Å²) in [6.45, 7) is 3.93. The first-order chi connectivity index (χ1) is 28.2. The van der Waals surface area contributed by atoms with Crippen molar-refractivity contribution >= 4 is 46.2 Å². The van der Waals surface area contributed by atoms with Crippen molar-refractivity contribution in [3.05, 3.63) is 138 Å². The van der Waals surface area contributed by atoms with E-state index in [-0.39, 0.29) is 70.9 Å². The van der Waals surface area contributed by atoms with E-state index in [1.807, 2.05) is 13.8 Å². The zero-order valence-corrected chi connectivity index (χ0v) is 32.5. The average molecular weight is 862 g/mol. The molecule has 2 N–H and O–H groups in total. The number of anilines is 4. The first-order valence-corrected chi connectivity index (χ1v) is 19.0. The number of hydrogen-bond acceptors (Lipinski definition) is 10. The molecule has 4 aromatic heterocycles. The van der Waals surface area contributed by atoms with Gasteiger partial charge in [0, 0.05) is 42.2 Å². The quantitative estimate of drug-likeness (QED) is 0.101. The van der Waals surface area contributed by atoms with E-state index in [0.29, 0.717) is 30.0 Å². The predicted molar refractivity (Wildman–Crippen MR) is 206 cm³/mol. The molecule has 2 aromatic carbocycles. The minimum atomic E-state index is -4.87. The third kappa shape index (κ3) is 7.13. The number of rotatable bonds is 11. The van der Waals surface area contributed by atoms with Crippen LogP contribution in [0.2, 0.25) is 10.6 Å². The van der Waals surface area contributed by atoms with Gasteiger partial charge in [0.05, 0.1) is 31.0 Å². The highest BCUT2D eigenvalue weighted by molar-refractivity contribution is 6.29. The SMILES string of the molecule is CCCn1c(Cl)nc2c(c1=O)NC(c1cnn(Cc3ccc(C(F)(F)F)c(F)c3)c1)N2N1c2nc(Cl)n(CCC)c(=O)c2NC1c1cnn(Cc2cccc(F)c2F)c1. The van der Waals surface area contributed by atoms with E-state index in [4.69, 9.17) is 23.2 Å². The molecule has 2 atom stereocenters. The van der Waals surface area contributed by atoms with Crippen molar-refractivity contribution in [2.75, 3.05) is 20.7 Å². The normalized spacial score (nSPS) is 16.0. The van der Waals surface area contributed by atoms with E-state index >= 15 is 0 Å². The molecule has 0 radical (unpaired) electrons. The van der Waals surface area contributed by atoms with E-state index in [1.54, 1.807) is 17.4 Å². The Balaban J connectivity index is 1.25. The third-order valence-corrected chi connectivity index (χ3v) is 10.4.